The van der Waals surface area contributed by atoms with Gasteiger partial charge < -0.3 is 16.0 Å². The van der Waals surface area contributed by atoms with Crippen LogP contribution in [-0.4, -0.2) is 24.5 Å². The molecule has 1 aromatic rings. The van der Waals surface area contributed by atoms with Crippen molar-refractivity contribution in [2.45, 2.75) is 26.3 Å². The molecule has 0 aliphatic carbocycles. The first-order valence-electron chi connectivity index (χ1n) is 6.24. The number of carbonyl (C=O) groups is 2. The van der Waals surface area contributed by atoms with Gasteiger partial charge >= 0.3 is 6.03 Å². The smallest absolute Gasteiger partial charge is 0.319 e. The summed E-state index contributed by atoms with van der Waals surface area (Å²) in [6.45, 7) is 4.04. The minimum absolute atomic E-state index is 0.0480. The van der Waals surface area contributed by atoms with E-state index in [9.17, 15) is 14.0 Å². The SMILES string of the molecule is CCCNC(=O)[C@@H](C)NC(=O)Nc1ccc(Br)cc1F. The van der Waals surface area contributed by atoms with Crippen LogP contribution in [0, 0.1) is 5.82 Å². The first kappa shape index (κ1) is 16.4. The standard InChI is InChI=1S/C13H17BrFN3O2/c1-3-6-16-12(19)8(2)17-13(20)18-11-5-4-9(14)7-10(11)15/h4-5,7-8H,3,6H2,1-2H3,(H,16,19)(H2,17,18,20)/t8-/m1/s1. The van der Waals surface area contributed by atoms with Crippen LogP contribution in [0.3, 0.4) is 0 Å². The van der Waals surface area contributed by atoms with Crippen LogP contribution in [0.15, 0.2) is 22.7 Å². The maximum Gasteiger partial charge on any atom is 0.319 e. The predicted molar refractivity (Wildman–Crippen MR) is 79.0 cm³/mol. The molecule has 0 saturated carbocycles. The second kappa shape index (κ2) is 7.84. The van der Waals surface area contributed by atoms with Crippen LogP contribution in [0.25, 0.3) is 0 Å². The number of urea groups is 1. The molecule has 0 aromatic heterocycles. The van der Waals surface area contributed by atoms with Gasteiger partial charge in [-0.15, -0.1) is 0 Å². The highest BCUT2D eigenvalue weighted by atomic mass is 79.9. The highest BCUT2D eigenvalue weighted by Gasteiger charge is 2.15. The average molecular weight is 346 g/mol. The topological polar surface area (TPSA) is 70.2 Å². The van der Waals surface area contributed by atoms with E-state index in [-0.39, 0.29) is 11.6 Å². The Labute approximate surface area is 125 Å². The summed E-state index contributed by atoms with van der Waals surface area (Å²) in [5.41, 5.74) is 0.0480. The van der Waals surface area contributed by atoms with Gasteiger partial charge in [-0.1, -0.05) is 22.9 Å². The molecule has 0 fully saturated rings. The van der Waals surface area contributed by atoms with Crippen LogP contribution in [0.1, 0.15) is 20.3 Å². The number of anilines is 1. The molecular formula is C13H17BrFN3O2. The fourth-order valence-corrected chi connectivity index (χ4v) is 1.75. The lowest BCUT2D eigenvalue weighted by Crippen LogP contribution is -2.46. The molecule has 0 aliphatic heterocycles. The monoisotopic (exact) mass is 345 g/mol. The van der Waals surface area contributed by atoms with Crippen molar-refractivity contribution in [3.63, 3.8) is 0 Å². The van der Waals surface area contributed by atoms with Gasteiger partial charge in [0.1, 0.15) is 11.9 Å². The fraction of sp³-hybridized carbons (Fsp3) is 0.385. The molecule has 0 spiro atoms. The van der Waals surface area contributed by atoms with E-state index >= 15 is 0 Å². The molecule has 0 aliphatic rings. The number of amides is 3. The lowest BCUT2D eigenvalue weighted by atomic mass is 10.3. The summed E-state index contributed by atoms with van der Waals surface area (Å²) in [7, 11) is 0. The molecule has 1 aromatic carbocycles. The van der Waals surface area contributed by atoms with Crippen molar-refractivity contribution in [3.05, 3.63) is 28.5 Å². The van der Waals surface area contributed by atoms with Gasteiger partial charge in [0.2, 0.25) is 5.91 Å². The quantitative estimate of drug-likeness (QED) is 0.767. The van der Waals surface area contributed by atoms with Crippen molar-refractivity contribution in [1.82, 2.24) is 10.6 Å². The Hall–Kier alpha value is -1.63. The molecule has 20 heavy (non-hydrogen) atoms. The third-order valence-corrected chi connectivity index (χ3v) is 2.96. The van der Waals surface area contributed by atoms with E-state index in [1.165, 1.54) is 12.1 Å². The molecule has 3 amide bonds. The van der Waals surface area contributed by atoms with Gasteiger partial charge in [-0.2, -0.15) is 0 Å². The lowest BCUT2D eigenvalue weighted by Gasteiger charge is -2.14. The zero-order valence-electron chi connectivity index (χ0n) is 11.3. The van der Waals surface area contributed by atoms with Gasteiger partial charge in [-0.3, -0.25) is 4.79 Å². The largest absolute Gasteiger partial charge is 0.354 e. The molecule has 0 heterocycles. The van der Waals surface area contributed by atoms with E-state index in [4.69, 9.17) is 0 Å². The molecule has 7 heteroatoms. The Bertz CT molecular complexity index is 497. The molecule has 0 unspecified atom stereocenters. The molecule has 0 radical (unpaired) electrons. The molecule has 5 nitrogen and oxygen atoms in total. The second-order valence-corrected chi connectivity index (χ2v) is 5.15. The third kappa shape index (κ3) is 5.16. The lowest BCUT2D eigenvalue weighted by molar-refractivity contribution is -0.122. The van der Waals surface area contributed by atoms with Crippen molar-refractivity contribution < 1.29 is 14.0 Å². The fourth-order valence-electron chi connectivity index (χ4n) is 1.41. The summed E-state index contributed by atoms with van der Waals surface area (Å²) >= 11 is 3.12. The van der Waals surface area contributed by atoms with Crippen LogP contribution >= 0.6 is 15.9 Å². The van der Waals surface area contributed by atoms with E-state index in [0.29, 0.717) is 11.0 Å². The summed E-state index contributed by atoms with van der Waals surface area (Å²) < 4.78 is 14.1. The molecular weight excluding hydrogens is 329 g/mol. The molecule has 1 atom stereocenters. The summed E-state index contributed by atoms with van der Waals surface area (Å²) in [6.07, 6.45) is 0.814. The number of benzene rings is 1. The van der Waals surface area contributed by atoms with Gasteiger partial charge in [0, 0.05) is 11.0 Å². The number of hydrogen-bond acceptors (Lipinski definition) is 2. The van der Waals surface area contributed by atoms with Gasteiger partial charge in [0.15, 0.2) is 0 Å². The molecule has 1 rings (SSSR count). The first-order valence-corrected chi connectivity index (χ1v) is 7.03. The molecule has 0 bridgehead atoms. The summed E-state index contributed by atoms with van der Waals surface area (Å²) in [5, 5.41) is 7.45. The van der Waals surface area contributed by atoms with Crippen molar-refractivity contribution in [3.8, 4) is 0 Å². The van der Waals surface area contributed by atoms with Crippen molar-refractivity contribution in [1.29, 1.82) is 0 Å². The minimum atomic E-state index is -0.694. The predicted octanol–water partition coefficient (Wildman–Crippen LogP) is 2.62. The maximum atomic E-state index is 13.5. The van der Waals surface area contributed by atoms with E-state index in [1.54, 1.807) is 13.0 Å². The zero-order valence-corrected chi connectivity index (χ0v) is 12.9. The van der Waals surface area contributed by atoms with Crippen molar-refractivity contribution in [2.24, 2.45) is 0 Å². The third-order valence-electron chi connectivity index (χ3n) is 2.47. The summed E-state index contributed by atoms with van der Waals surface area (Å²) in [5.74, 6) is -0.837. The molecule has 0 saturated heterocycles. The Morgan fingerprint density at radius 3 is 2.70 bits per heavy atom. The highest BCUT2D eigenvalue weighted by Crippen LogP contribution is 2.19. The van der Waals surface area contributed by atoms with Crippen LogP contribution in [0.5, 0.6) is 0 Å². The van der Waals surface area contributed by atoms with E-state index in [0.717, 1.165) is 6.42 Å². The van der Waals surface area contributed by atoms with Gasteiger partial charge in [0.25, 0.3) is 0 Å². The van der Waals surface area contributed by atoms with E-state index in [2.05, 4.69) is 31.9 Å². The average Bonchev–Trinajstić information content (AvgIpc) is 2.39. The van der Waals surface area contributed by atoms with E-state index < -0.39 is 17.9 Å². The van der Waals surface area contributed by atoms with Crippen LogP contribution < -0.4 is 16.0 Å². The Balaban J connectivity index is 2.52. The van der Waals surface area contributed by atoms with Crippen molar-refractivity contribution in [2.75, 3.05) is 11.9 Å². The van der Waals surface area contributed by atoms with Crippen LogP contribution in [0.2, 0.25) is 0 Å². The van der Waals surface area contributed by atoms with Gasteiger partial charge in [-0.25, -0.2) is 9.18 Å². The first-order chi connectivity index (χ1) is 9.43. The van der Waals surface area contributed by atoms with Crippen LogP contribution in [0.4, 0.5) is 14.9 Å². The minimum Gasteiger partial charge on any atom is -0.354 e. The molecule has 3 N–H and O–H groups in total. The Morgan fingerprint density at radius 2 is 2.10 bits per heavy atom. The van der Waals surface area contributed by atoms with E-state index in [1.807, 2.05) is 6.92 Å². The van der Waals surface area contributed by atoms with Gasteiger partial charge in [0.05, 0.1) is 5.69 Å². The maximum absolute atomic E-state index is 13.5. The number of nitrogens with one attached hydrogen (secondary N) is 3. The number of halogens is 2. The van der Waals surface area contributed by atoms with Gasteiger partial charge in [-0.05, 0) is 31.5 Å². The van der Waals surface area contributed by atoms with Crippen molar-refractivity contribution >= 4 is 33.6 Å². The zero-order chi connectivity index (χ0) is 15.1. The second-order valence-electron chi connectivity index (χ2n) is 4.24. The molecule has 110 valence electrons. The Kier molecular flexibility index (Phi) is 6.44. The summed E-state index contributed by atoms with van der Waals surface area (Å²) in [6, 6.07) is 2.95. The Morgan fingerprint density at radius 1 is 1.40 bits per heavy atom. The summed E-state index contributed by atoms with van der Waals surface area (Å²) in [4.78, 5) is 23.2. The number of hydrogen-bond donors (Lipinski definition) is 3. The normalized spacial score (nSPS) is 11.6. The van der Waals surface area contributed by atoms with Crippen LogP contribution in [-0.2, 0) is 4.79 Å². The number of carbonyl (C=O) groups excluding carboxylic acids is 2. The highest BCUT2D eigenvalue weighted by molar-refractivity contribution is 9.10. The number of rotatable bonds is 5.